The average molecular weight is 342 g/mol. The summed E-state index contributed by atoms with van der Waals surface area (Å²) in [5.74, 6) is 0.413. The summed E-state index contributed by atoms with van der Waals surface area (Å²) in [5, 5.41) is 4.00. The van der Waals surface area contributed by atoms with Crippen LogP contribution in [0.2, 0.25) is 0 Å². The Hall–Kier alpha value is -2.90. The summed E-state index contributed by atoms with van der Waals surface area (Å²) >= 11 is 0. The van der Waals surface area contributed by atoms with Gasteiger partial charge in [0.15, 0.2) is 11.4 Å². The third kappa shape index (κ3) is 2.73. The van der Waals surface area contributed by atoms with Crippen molar-refractivity contribution in [3.05, 3.63) is 46.5 Å². The van der Waals surface area contributed by atoms with Gasteiger partial charge in [-0.1, -0.05) is 24.2 Å². The van der Waals surface area contributed by atoms with Crippen molar-refractivity contribution in [1.29, 1.82) is 0 Å². The first-order chi connectivity index (χ1) is 12.2. The van der Waals surface area contributed by atoms with E-state index in [4.69, 9.17) is 8.94 Å². The number of likely N-dealkylation sites (tertiary alicyclic amines) is 1. The van der Waals surface area contributed by atoms with E-state index < -0.39 is 5.76 Å². The van der Waals surface area contributed by atoms with Gasteiger partial charge in [-0.3, -0.25) is 9.36 Å². The van der Waals surface area contributed by atoms with Crippen molar-refractivity contribution in [2.45, 2.75) is 38.8 Å². The van der Waals surface area contributed by atoms with Crippen LogP contribution < -0.4 is 5.76 Å². The van der Waals surface area contributed by atoms with E-state index in [1.807, 2.05) is 13.0 Å². The van der Waals surface area contributed by atoms with Crippen LogP contribution in [0.1, 0.15) is 37.5 Å². The number of hydrogen-bond acceptors (Lipinski definition) is 6. The van der Waals surface area contributed by atoms with Crippen LogP contribution in [0.5, 0.6) is 0 Å². The summed E-state index contributed by atoms with van der Waals surface area (Å²) in [7, 11) is 0. The van der Waals surface area contributed by atoms with E-state index in [2.05, 4.69) is 10.1 Å². The molecule has 0 N–H and O–H groups in total. The van der Waals surface area contributed by atoms with E-state index in [1.165, 1.54) is 4.57 Å². The lowest BCUT2D eigenvalue weighted by atomic mass is 10.2. The Bertz CT molecular complexity index is 970. The fourth-order valence-corrected chi connectivity index (χ4v) is 3.27. The Balaban J connectivity index is 1.59. The SMILES string of the molecule is CCc1nc(C2CCCN2C(=O)Cn2c(=O)oc3ccccc32)no1. The van der Waals surface area contributed by atoms with Gasteiger partial charge in [0.2, 0.25) is 11.8 Å². The standard InChI is InChI=1S/C17H18N4O4/c1-2-14-18-16(19-25-14)12-7-5-9-20(12)15(22)10-21-11-6-3-4-8-13(11)24-17(21)23/h3-4,6,8,12H,2,5,7,9-10H2,1H3. The molecule has 8 nitrogen and oxygen atoms in total. The van der Waals surface area contributed by atoms with Gasteiger partial charge in [0.25, 0.3) is 0 Å². The first kappa shape index (κ1) is 15.6. The molecule has 0 spiro atoms. The molecule has 1 aromatic carbocycles. The monoisotopic (exact) mass is 342 g/mol. The van der Waals surface area contributed by atoms with Gasteiger partial charge in [0.05, 0.1) is 11.6 Å². The minimum atomic E-state index is -0.530. The predicted molar refractivity (Wildman–Crippen MR) is 87.8 cm³/mol. The highest BCUT2D eigenvalue weighted by atomic mass is 16.5. The van der Waals surface area contributed by atoms with E-state index in [0.717, 1.165) is 12.8 Å². The summed E-state index contributed by atoms with van der Waals surface area (Å²) in [6, 6.07) is 6.87. The van der Waals surface area contributed by atoms with Crippen LogP contribution in [0.3, 0.4) is 0 Å². The van der Waals surface area contributed by atoms with E-state index in [9.17, 15) is 9.59 Å². The van der Waals surface area contributed by atoms with E-state index >= 15 is 0 Å². The second-order valence-corrected chi connectivity index (χ2v) is 6.07. The van der Waals surface area contributed by atoms with Crippen molar-refractivity contribution in [3.8, 4) is 0 Å². The molecule has 25 heavy (non-hydrogen) atoms. The second-order valence-electron chi connectivity index (χ2n) is 6.07. The van der Waals surface area contributed by atoms with Gasteiger partial charge in [0, 0.05) is 13.0 Å². The van der Waals surface area contributed by atoms with Gasteiger partial charge < -0.3 is 13.8 Å². The number of hydrogen-bond donors (Lipinski definition) is 0. The normalized spacial score (nSPS) is 17.5. The van der Waals surface area contributed by atoms with Crippen molar-refractivity contribution < 1.29 is 13.7 Å². The number of fused-ring (bicyclic) bond motifs is 1. The van der Waals surface area contributed by atoms with Crippen LogP contribution in [0.25, 0.3) is 11.1 Å². The molecular formula is C17H18N4O4. The number of aryl methyl sites for hydroxylation is 1. The van der Waals surface area contributed by atoms with Crippen LogP contribution in [0, 0.1) is 0 Å². The molecule has 0 bridgehead atoms. The van der Waals surface area contributed by atoms with Crippen molar-refractivity contribution in [3.63, 3.8) is 0 Å². The van der Waals surface area contributed by atoms with Crippen molar-refractivity contribution in [2.75, 3.05) is 6.54 Å². The van der Waals surface area contributed by atoms with Crippen LogP contribution >= 0.6 is 0 Å². The Morgan fingerprint density at radius 3 is 3.00 bits per heavy atom. The van der Waals surface area contributed by atoms with Crippen molar-refractivity contribution >= 4 is 17.0 Å². The number of rotatable bonds is 4. The van der Waals surface area contributed by atoms with Gasteiger partial charge >= 0.3 is 5.76 Å². The van der Waals surface area contributed by atoms with Crippen LogP contribution in [-0.2, 0) is 17.8 Å². The molecule has 3 heterocycles. The second kappa shape index (κ2) is 6.19. The molecule has 1 saturated heterocycles. The maximum absolute atomic E-state index is 12.8. The quantitative estimate of drug-likeness (QED) is 0.719. The number of amides is 1. The molecule has 8 heteroatoms. The van der Waals surface area contributed by atoms with Crippen LogP contribution in [-0.4, -0.2) is 32.1 Å². The number of oxazole rings is 1. The number of aromatic nitrogens is 3. The lowest BCUT2D eigenvalue weighted by Crippen LogP contribution is -2.35. The molecule has 4 rings (SSSR count). The molecule has 130 valence electrons. The largest absolute Gasteiger partial charge is 0.420 e. The van der Waals surface area contributed by atoms with E-state index in [-0.39, 0.29) is 18.5 Å². The third-order valence-electron chi connectivity index (χ3n) is 4.52. The molecule has 1 amide bonds. The lowest BCUT2D eigenvalue weighted by molar-refractivity contribution is -0.133. The van der Waals surface area contributed by atoms with E-state index in [1.54, 1.807) is 23.1 Å². The Morgan fingerprint density at radius 2 is 2.20 bits per heavy atom. The fourth-order valence-electron chi connectivity index (χ4n) is 3.27. The number of benzene rings is 1. The molecule has 1 aliphatic heterocycles. The average Bonchev–Trinajstić information content (AvgIpc) is 3.33. The van der Waals surface area contributed by atoms with Gasteiger partial charge in [-0.25, -0.2) is 4.79 Å². The summed E-state index contributed by atoms with van der Waals surface area (Å²) in [5.41, 5.74) is 1.09. The maximum Gasteiger partial charge on any atom is 0.420 e. The Morgan fingerprint density at radius 1 is 1.36 bits per heavy atom. The van der Waals surface area contributed by atoms with Crippen LogP contribution in [0.15, 0.2) is 38.0 Å². The number of para-hydroxylation sites is 2. The minimum Gasteiger partial charge on any atom is -0.408 e. The van der Waals surface area contributed by atoms with Gasteiger partial charge in [-0.2, -0.15) is 4.98 Å². The molecule has 1 unspecified atom stereocenters. The third-order valence-corrected chi connectivity index (χ3v) is 4.52. The van der Waals surface area contributed by atoms with Gasteiger partial charge in [-0.05, 0) is 25.0 Å². The summed E-state index contributed by atoms with van der Waals surface area (Å²) in [6.07, 6.45) is 2.31. The topological polar surface area (TPSA) is 94.4 Å². The molecule has 0 saturated carbocycles. The summed E-state index contributed by atoms with van der Waals surface area (Å²) < 4.78 is 11.7. The van der Waals surface area contributed by atoms with Crippen molar-refractivity contribution in [2.24, 2.45) is 0 Å². The zero-order valence-corrected chi connectivity index (χ0v) is 13.8. The van der Waals surface area contributed by atoms with Crippen LogP contribution in [0.4, 0.5) is 0 Å². The number of nitrogens with zero attached hydrogens (tertiary/aromatic N) is 4. The molecule has 0 aliphatic carbocycles. The summed E-state index contributed by atoms with van der Waals surface area (Å²) in [4.78, 5) is 30.9. The van der Waals surface area contributed by atoms with Crippen molar-refractivity contribution in [1.82, 2.24) is 19.6 Å². The highest BCUT2D eigenvalue weighted by molar-refractivity contribution is 5.80. The zero-order valence-electron chi connectivity index (χ0n) is 13.8. The predicted octanol–water partition coefficient (Wildman–Crippen LogP) is 1.90. The smallest absolute Gasteiger partial charge is 0.408 e. The molecule has 0 radical (unpaired) electrons. The molecular weight excluding hydrogens is 324 g/mol. The maximum atomic E-state index is 12.8. The lowest BCUT2D eigenvalue weighted by Gasteiger charge is -2.22. The molecule has 1 aliphatic rings. The number of carbonyl (C=O) groups is 1. The first-order valence-corrected chi connectivity index (χ1v) is 8.37. The molecule has 3 aromatic rings. The fraction of sp³-hybridized carbons (Fsp3) is 0.412. The molecule has 1 atom stereocenters. The minimum absolute atomic E-state index is 0.0646. The zero-order chi connectivity index (χ0) is 17.4. The van der Waals surface area contributed by atoms with Gasteiger partial charge in [0.1, 0.15) is 6.54 Å². The first-order valence-electron chi connectivity index (χ1n) is 8.37. The highest BCUT2D eigenvalue weighted by Crippen LogP contribution is 2.30. The molecule has 1 fully saturated rings. The Labute approximate surface area is 143 Å². The molecule has 2 aromatic heterocycles. The van der Waals surface area contributed by atoms with Gasteiger partial charge in [-0.15, -0.1) is 0 Å². The number of carbonyl (C=O) groups excluding carboxylic acids is 1. The van der Waals surface area contributed by atoms with E-state index in [0.29, 0.717) is 35.8 Å². The summed E-state index contributed by atoms with van der Waals surface area (Å²) in [6.45, 7) is 2.49. The Kier molecular flexibility index (Phi) is 3.87. The highest BCUT2D eigenvalue weighted by Gasteiger charge is 2.33.